The molecule has 1 N–H and O–H groups in total. The highest BCUT2D eigenvalue weighted by atomic mass is 15.3. The number of benzene rings is 1. The summed E-state index contributed by atoms with van der Waals surface area (Å²) in [6, 6.07) is 11.0. The van der Waals surface area contributed by atoms with Gasteiger partial charge >= 0.3 is 0 Å². The lowest BCUT2D eigenvalue weighted by Crippen LogP contribution is -2.41. The average Bonchev–Trinajstić information content (AvgIpc) is 2.97. The molecule has 2 aromatic rings. The quantitative estimate of drug-likeness (QED) is 0.849. The average molecular weight is 286 g/mol. The van der Waals surface area contributed by atoms with Crippen LogP contribution in [-0.4, -0.2) is 41.4 Å². The summed E-state index contributed by atoms with van der Waals surface area (Å²) < 4.78 is 1.88. The fourth-order valence-corrected chi connectivity index (χ4v) is 2.34. The van der Waals surface area contributed by atoms with E-state index >= 15 is 0 Å². The van der Waals surface area contributed by atoms with E-state index in [0.29, 0.717) is 12.0 Å². The van der Waals surface area contributed by atoms with E-state index in [0.717, 1.165) is 18.8 Å². The van der Waals surface area contributed by atoms with Gasteiger partial charge in [0.2, 0.25) is 0 Å². The molecule has 0 fully saturated rings. The number of nitrogens with zero attached hydrogens (tertiary/aromatic N) is 3. The highest BCUT2D eigenvalue weighted by molar-refractivity contribution is 5.33. The third-order valence-electron chi connectivity index (χ3n) is 3.64. The topological polar surface area (TPSA) is 33.1 Å². The maximum Gasteiger partial charge on any atom is 0.0645 e. The molecule has 4 heteroatoms. The minimum absolute atomic E-state index is 0.505. The number of nitrogens with one attached hydrogen (secondary N) is 1. The van der Waals surface area contributed by atoms with Crippen LogP contribution in [0.1, 0.15) is 19.4 Å². The number of hydrogen-bond donors (Lipinski definition) is 1. The molecule has 1 atom stereocenters. The Hall–Kier alpha value is -1.65. The molecule has 4 nitrogen and oxygen atoms in total. The van der Waals surface area contributed by atoms with Crippen LogP contribution in [0.3, 0.4) is 0 Å². The summed E-state index contributed by atoms with van der Waals surface area (Å²) in [5.74, 6) is 0.621. The van der Waals surface area contributed by atoms with Crippen molar-refractivity contribution in [3.8, 4) is 5.69 Å². The van der Waals surface area contributed by atoms with Crippen molar-refractivity contribution >= 4 is 0 Å². The van der Waals surface area contributed by atoms with E-state index in [-0.39, 0.29) is 0 Å². The van der Waals surface area contributed by atoms with Crippen molar-refractivity contribution in [2.75, 3.05) is 20.6 Å². The molecule has 1 aromatic heterocycles. The van der Waals surface area contributed by atoms with Crippen LogP contribution in [0.15, 0.2) is 42.7 Å². The molecule has 2 rings (SSSR count). The van der Waals surface area contributed by atoms with Crippen molar-refractivity contribution in [3.63, 3.8) is 0 Å². The molecule has 1 heterocycles. The van der Waals surface area contributed by atoms with Gasteiger partial charge in [-0.15, -0.1) is 0 Å². The third kappa shape index (κ3) is 4.69. The second-order valence-electron chi connectivity index (χ2n) is 6.11. The van der Waals surface area contributed by atoms with Gasteiger partial charge in [-0.05, 0) is 43.8 Å². The summed E-state index contributed by atoms with van der Waals surface area (Å²) in [7, 11) is 4.24. The summed E-state index contributed by atoms with van der Waals surface area (Å²) in [4.78, 5) is 2.23. The molecule has 0 radical (unpaired) electrons. The van der Waals surface area contributed by atoms with Crippen LogP contribution in [0, 0.1) is 5.92 Å². The van der Waals surface area contributed by atoms with Gasteiger partial charge in [0.1, 0.15) is 0 Å². The molecular weight excluding hydrogens is 260 g/mol. The van der Waals surface area contributed by atoms with E-state index in [9.17, 15) is 0 Å². The van der Waals surface area contributed by atoms with Crippen molar-refractivity contribution in [2.45, 2.75) is 26.4 Å². The normalized spacial score (nSPS) is 13.0. The lowest BCUT2D eigenvalue weighted by molar-refractivity contribution is 0.288. The summed E-state index contributed by atoms with van der Waals surface area (Å²) in [5.41, 5.74) is 2.40. The van der Waals surface area contributed by atoms with E-state index in [1.54, 1.807) is 6.20 Å². The molecule has 0 bridgehead atoms. The van der Waals surface area contributed by atoms with Crippen molar-refractivity contribution in [3.05, 3.63) is 48.3 Å². The first-order valence-corrected chi connectivity index (χ1v) is 7.53. The molecule has 0 aliphatic heterocycles. The summed E-state index contributed by atoms with van der Waals surface area (Å²) in [6.45, 7) is 6.49. The van der Waals surface area contributed by atoms with Gasteiger partial charge < -0.3 is 10.2 Å². The van der Waals surface area contributed by atoms with Gasteiger partial charge in [-0.2, -0.15) is 5.10 Å². The Morgan fingerprint density at radius 1 is 1.19 bits per heavy atom. The highest BCUT2D eigenvalue weighted by Gasteiger charge is 2.13. The Bertz CT molecular complexity index is 514. The molecule has 0 saturated carbocycles. The van der Waals surface area contributed by atoms with Crippen LogP contribution in [0.25, 0.3) is 5.69 Å². The Kier molecular flexibility index (Phi) is 5.53. The first-order valence-electron chi connectivity index (χ1n) is 7.53. The number of likely N-dealkylation sites (N-methyl/N-ethyl adjacent to an activating group) is 1. The molecule has 0 saturated heterocycles. The molecule has 0 spiro atoms. The molecule has 0 aliphatic carbocycles. The van der Waals surface area contributed by atoms with Crippen molar-refractivity contribution in [2.24, 2.45) is 5.92 Å². The van der Waals surface area contributed by atoms with Crippen molar-refractivity contribution in [1.82, 2.24) is 20.0 Å². The van der Waals surface area contributed by atoms with Crippen LogP contribution in [0.4, 0.5) is 0 Å². The van der Waals surface area contributed by atoms with E-state index in [4.69, 9.17) is 0 Å². The van der Waals surface area contributed by atoms with Gasteiger partial charge in [-0.3, -0.25) is 0 Å². The summed E-state index contributed by atoms with van der Waals surface area (Å²) >= 11 is 0. The predicted octanol–water partition coefficient (Wildman–Crippen LogP) is 2.55. The zero-order valence-electron chi connectivity index (χ0n) is 13.5. The molecule has 114 valence electrons. The SMILES string of the molecule is CC(C)C(CN(C)C)NCc1ccc(-n2cccn2)cc1. The van der Waals surface area contributed by atoms with Crippen LogP contribution in [0.2, 0.25) is 0 Å². The summed E-state index contributed by atoms with van der Waals surface area (Å²) in [6.07, 6.45) is 3.75. The standard InChI is InChI=1S/C17H26N4/c1-14(2)17(13-20(3)4)18-12-15-6-8-16(9-7-15)21-11-5-10-19-21/h5-11,14,17-18H,12-13H2,1-4H3. The second-order valence-corrected chi connectivity index (χ2v) is 6.11. The lowest BCUT2D eigenvalue weighted by Gasteiger charge is -2.25. The molecule has 1 unspecified atom stereocenters. The first kappa shape index (κ1) is 15.7. The largest absolute Gasteiger partial charge is 0.308 e. The third-order valence-corrected chi connectivity index (χ3v) is 3.64. The van der Waals surface area contributed by atoms with E-state index in [1.807, 2.05) is 16.9 Å². The summed E-state index contributed by atoms with van der Waals surface area (Å²) in [5, 5.41) is 7.90. The fourth-order valence-electron chi connectivity index (χ4n) is 2.34. The van der Waals surface area contributed by atoms with Crippen LogP contribution in [-0.2, 0) is 6.54 Å². The molecule has 0 amide bonds. The fraction of sp³-hybridized carbons (Fsp3) is 0.471. The van der Waals surface area contributed by atoms with Gasteiger partial charge in [0.25, 0.3) is 0 Å². The monoisotopic (exact) mass is 286 g/mol. The van der Waals surface area contributed by atoms with Crippen LogP contribution < -0.4 is 5.32 Å². The Morgan fingerprint density at radius 3 is 2.43 bits per heavy atom. The highest BCUT2D eigenvalue weighted by Crippen LogP contribution is 2.10. The number of rotatable bonds is 7. The van der Waals surface area contributed by atoms with Crippen LogP contribution in [0.5, 0.6) is 0 Å². The maximum atomic E-state index is 4.24. The smallest absolute Gasteiger partial charge is 0.0645 e. The number of hydrogen-bond acceptors (Lipinski definition) is 3. The van der Waals surface area contributed by atoms with Gasteiger partial charge in [-0.1, -0.05) is 26.0 Å². The van der Waals surface area contributed by atoms with Gasteiger partial charge in [0.15, 0.2) is 0 Å². The maximum absolute atomic E-state index is 4.24. The van der Waals surface area contributed by atoms with Gasteiger partial charge in [0, 0.05) is 31.5 Å². The van der Waals surface area contributed by atoms with Gasteiger partial charge in [0.05, 0.1) is 5.69 Å². The van der Waals surface area contributed by atoms with Gasteiger partial charge in [-0.25, -0.2) is 4.68 Å². The molecule has 1 aromatic carbocycles. The number of aromatic nitrogens is 2. The van der Waals surface area contributed by atoms with E-state index in [2.05, 4.69) is 67.5 Å². The lowest BCUT2D eigenvalue weighted by atomic mass is 10.0. The second kappa shape index (κ2) is 7.38. The van der Waals surface area contributed by atoms with Crippen LogP contribution >= 0.6 is 0 Å². The molecular formula is C17H26N4. The minimum Gasteiger partial charge on any atom is -0.308 e. The van der Waals surface area contributed by atoms with Crippen molar-refractivity contribution in [1.29, 1.82) is 0 Å². The first-order chi connectivity index (χ1) is 10.1. The molecule has 21 heavy (non-hydrogen) atoms. The zero-order chi connectivity index (χ0) is 15.2. The zero-order valence-corrected chi connectivity index (χ0v) is 13.5. The minimum atomic E-state index is 0.505. The Balaban J connectivity index is 1.93. The van der Waals surface area contributed by atoms with E-state index in [1.165, 1.54) is 5.56 Å². The van der Waals surface area contributed by atoms with E-state index < -0.39 is 0 Å². The Labute approximate surface area is 127 Å². The molecule has 0 aliphatic rings. The Morgan fingerprint density at radius 2 is 1.90 bits per heavy atom. The predicted molar refractivity (Wildman–Crippen MR) is 87.6 cm³/mol. The van der Waals surface area contributed by atoms with Crippen molar-refractivity contribution < 1.29 is 0 Å².